The Morgan fingerprint density at radius 2 is 2.28 bits per heavy atom. The summed E-state index contributed by atoms with van der Waals surface area (Å²) in [6.45, 7) is 4.13. The predicted molar refractivity (Wildman–Crippen MR) is 72.8 cm³/mol. The van der Waals surface area contributed by atoms with Crippen molar-refractivity contribution in [1.29, 1.82) is 0 Å². The Hall–Kier alpha value is -2.02. The molecule has 92 valence electrons. The first-order valence-corrected chi connectivity index (χ1v) is 5.61. The molecule has 3 nitrogen and oxygen atoms in total. The van der Waals surface area contributed by atoms with Crippen LogP contribution in [0.3, 0.4) is 0 Å². The summed E-state index contributed by atoms with van der Waals surface area (Å²) >= 11 is 0. The third-order valence-corrected chi connectivity index (χ3v) is 2.93. The van der Waals surface area contributed by atoms with E-state index in [-0.39, 0.29) is 0 Å². The van der Waals surface area contributed by atoms with Crippen molar-refractivity contribution in [3.05, 3.63) is 42.1 Å². The molecule has 18 heavy (non-hydrogen) atoms. The molecule has 1 aromatic carbocycles. The van der Waals surface area contributed by atoms with Gasteiger partial charge in [0.25, 0.3) is 0 Å². The quantitative estimate of drug-likeness (QED) is 0.835. The molecule has 0 spiro atoms. The summed E-state index contributed by atoms with van der Waals surface area (Å²) in [7, 11) is 1.61. The second-order valence-electron chi connectivity index (χ2n) is 3.94. The monoisotopic (exact) mass is 241 g/mol. The van der Waals surface area contributed by atoms with E-state index in [9.17, 15) is 5.11 Å². The van der Waals surface area contributed by atoms with E-state index >= 15 is 0 Å². The summed E-state index contributed by atoms with van der Waals surface area (Å²) in [5.74, 6) is 2.35. The lowest BCUT2D eigenvalue weighted by atomic mass is 10.1. The maximum Gasteiger partial charge on any atom is 0.155 e. The van der Waals surface area contributed by atoms with E-state index in [2.05, 4.69) is 12.5 Å². The van der Waals surface area contributed by atoms with Crippen LogP contribution in [-0.4, -0.2) is 16.8 Å². The highest BCUT2D eigenvalue weighted by Gasteiger charge is 2.19. The van der Waals surface area contributed by atoms with Crippen LogP contribution in [0, 0.1) is 12.3 Å². The molecule has 3 heteroatoms. The zero-order valence-electron chi connectivity index (χ0n) is 10.3. The van der Waals surface area contributed by atoms with E-state index in [1.165, 1.54) is 0 Å². The van der Waals surface area contributed by atoms with Gasteiger partial charge in [-0.25, -0.2) is 0 Å². The van der Waals surface area contributed by atoms with Gasteiger partial charge in [0.1, 0.15) is 6.73 Å². The third-order valence-electron chi connectivity index (χ3n) is 2.93. The van der Waals surface area contributed by atoms with Crippen molar-refractivity contribution in [3.63, 3.8) is 0 Å². The van der Waals surface area contributed by atoms with Gasteiger partial charge in [0.05, 0.1) is 11.2 Å². The Labute approximate surface area is 106 Å². The zero-order valence-corrected chi connectivity index (χ0v) is 10.3. The van der Waals surface area contributed by atoms with Crippen molar-refractivity contribution in [3.8, 4) is 12.3 Å². The molecule has 0 fully saturated rings. The van der Waals surface area contributed by atoms with Crippen LogP contribution in [0.2, 0.25) is 0 Å². The van der Waals surface area contributed by atoms with Crippen LogP contribution < -0.4 is 0 Å². The van der Waals surface area contributed by atoms with E-state index in [1.807, 2.05) is 28.8 Å². The first-order valence-electron chi connectivity index (χ1n) is 5.61. The number of nitrogens with zero attached hydrogens (tertiary/aromatic N) is 1. The van der Waals surface area contributed by atoms with E-state index < -0.39 is 6.10 Å². The topological polar surface area (TPSA) is 34.4 Å². The van der Waals surface area contributed by atoms with Gasteiger partial charge in [-0.15, -0.1) is 6.42 Å². The smallest absolute Gasteiger partial charge is 0.155 e. The first kappa shape index (κ1) is 12.4. The maximum absolute atomic E-state index is 9.99. The van der Waals surface area contributed by atoms with Crippen molar-refractivity contribution in [2.75, 3.05) is 7.11 Å². The van der Waals surface area contributed by atoms with E-state index in [0.717, 1.165) is 16.5 Å². The molecular formula is C15H15NO2. The predicted octanol–water partition coefficient (Wildman–Crippen LogP) is 2.55. The van der Waals surface area contributed by atoms with Crippen LogP contribution in [0.25, 0.3) is 17.0 Å². The molecule has 2 aromatic rings. The Kier molecular flexibility index (Phi) is 3.52. The Morgan fingerprint density at radius 1 is 1.56 bits per heavy atom. The van der Waals surface area contributed by atoms with Crippen molar-refractivity contribution in [2.24, 2.45) is 0 Å². The summed E-state index contributed by atoms with van der Waals surface area (Å²) in [5, 5.41) is 11.0. The molecule has 1 N–H and O–H groups in total. The van der Waals surface area contributed by atoms with Crippen LogP contribution in [-0.2, 0) is 11.5 Å². The molecule has 0 saturated heterocycles. The van der Waals surface area contributed by atoms with Crippen LogP contribution >= 0.6 is 0 Å². The normalized spacial score (nSPS) is 12.3. The molecule has 1 aromatic heterocycles. The van der Waals surface area contributed by atoms with Crippen LogP contribution in [0.4, 0.5) is 0 Å². The van der Waals surface area contributed by atoms with Gasteiger partial charge in [0.2, 0.25) is 0 Å². The highest BCUT2D eigenvalue weighted by atomic mass is 16.5. The molecule has 1 heterocycles. The number of benzene rings is 1. The second kappa shape index (κ2) is 5.09. The van der Waals surface area contributed by atoms with Gasteiger partial charge in [-0.3, -0.25) is 0 Å². The lowest BCUT2D eigenvalue weighted by molar-refractivity contribution is 0.124. The van der Waals surface area contributed by atoms with Gasteiger partial charge in [-0.1, -0.05) is 36.8 Å². The minimum Gasteiger partial charge on any atom is -0.375 e. The summed E-state index contributed by atoms with van der Waals surface area (Å²) in [5.41, 5.74) is 2.47. The third kappa shape index (κ3) is 1.82. The number of terminal acetylenes is 1. The van der Waals surface area contributed by atoms with Gasteiger partial charge < -0.3 is 14.4 Å². The van der Waals surface area contributed by atoms with Crippen molar-refractivity contribution >= 4 is 17.0 Å². The highest BCUT2D eigenvalue weighted by molar-refractivity contribution is 5.91. The van der Waals surface area contributed by atoms with Gasteiger partial charge >= 0.3 is 0 Å². The largest absolute Gasteiger partial charge is 0.375 e. The number of methoxy groups -OCH3 is 1. The van der Waals surface area contributed by atoms with Crippen molar-refractivity contribution in [2.45, 2.75) is 12.8 Å². The number of aliphatic hydroxyl groups is 1. The number of aromatic nitrogens is 1. The Balaban J connectivity index is 2.83. The fourth-order valence-corrected chi connectivity index (χ4v) is 2.21. The number of aliphatic hydroxyl groups excluding tert-OH is 1. The van der Waals surface area contributed by atoms with Crippen LogP contribution in [0.5, 0.6) is 0 Å². The molecule has 0 saturated carbocycles. The Morgan fingerprint density at radius 3 is 2.89 bits per heavy atom. The van der Waals surface area contributed by atoms with Crippen LogP contribution in [0.15, 0.2) is 30.8 Å². The second-order valence-corrected chi connectivity index (χ2v) is 3.94. The first-order chi connectivity index (χ1) is 8.74. The van der Waals surface area contributed by atoms with Gasteiger partial charge in [0, 0.05) is 18.1 Å². The van der Waals surface area contributed by atoms with Gasteiger partial charge in [-0.05, 0) is 6.07 Å². The average molecular weight is 241 g/mol. The summed E-state index contributed by atoms with van der Waals surface area (Å²) < 4.78 is 7.05. The van der Waals surface area contributed by atoms with E-state index in [0.29, 0.717) is 12.4 Å². The van der Waals surface area contributed by atoms with E-state index in [4.69, 9.17) is 11.2 Å². The van der Waals surface area contributed by atoms with E-state index in [1.54, 1.807) is 13.2 Å². The van der Waals surface area contributed by atoms with Gasteiger partial charge in [0.15, 0.2) is 6.10 Å². The maximum atomic E-state index is 9.99. The number of ether oxygens (including phenoxy) is 1. The molecule has 0 aliphatic heterocycles. The van der Waals surface area contributed by atoms with Gasteiger partial charge in [-0.2, -0.15) is 0 Å². The molecule has 0 aliphatic carbocycles. The number of hydrogen-bond donors (Lipinski definition) is 1. The van der Waals surface area contributed by atoms with Crippen molar-refractivity contribution < 1.29 is 9.84 Å². The zero-order chi connectivity index (χ0) is 13.1. The standard InChI is InChI=1S/C15H15NO2/c1-4-11-12-8-6-7-9-13(12)16(10-18-3)15(11)14(17)5-2/h2,4,6-9,14,17H,1,10H2,3H3. The molecular weight excluding hydrogens is 226 g/mol. The molecule has 1 atom stereocenters. The number of fused-ring (bicyclic) bond motifs is 1. The van der Waals surface area contributed by atoms with Crippen molar-refractivity contribution in [1.82, 2.24) is 4.57 Å². The number of hydrogen-bond acceptors (Lipinski definition) is 2. The SMILES string of the molecule is C#CC(O)c1c(C=C)c2ccccc2n1COC. The molecule has 0 bridgehead atoms. The molecule has 0 aliphatic rings. The average Bonchev–Trinajstić information content (AvgIpc) is 2.72. The minimum atomic E-state index is -0.972. The minimum absolute atomic E-state index is 0.336. The molecule has 0 radical (unpaired) electrons. The summed E-state index contributed by atoms with van der Waals surface area (Å²) in [4.78, 5) is 0. The highest BCUT2D eigenvalue weighted by Crippen LogP contribution is 2.31. The van der Waals surface area contributed by atoms with Crippen LogP contribution in [0.1, 0.15) is 17.4 Å². The molecule has 1 unspecified atom stereocenters. The summed E-state index contributed by atoms with van der Waals surface area (Å²) in [6, 6.07) is 7.82. The fourth-order valence-electron chi connectivity index (χ4n) is 2.21. The lowest BCUT2D eigenvalue weighted by Gasteiger charge is -2.11. The lowest BCUT2D eigenvalue weighted by Crippen LogP contribution is -2.08. The molecule has 0 amide bonds. The Bertz CT molecular complexity index is 619. The fraction of sp³-hybridized carbons (Fsp3) is 0.200. The summed E-state index contributed by atoms with van der Waals surface area (Å²) in [6.07, 6.45) is 6.07. The number of para-hydroxylation sites is 1. The molecule has 2 rings (SSSR count). The number of rotatable bonds is 4.